The first kappa shape index (κ1) is 16.2. The summed E-state index contributed by atoms with van der Waals surface area (Å²) >= 11 is 1.74. The van der Waals surface area contributed by atoms with Crippen LogP contribution in [-0.4, -0.2) is 44.6 Å². The average Bonchev–Trinajstić information content (AvgIpc) is 3.38. The molecule has 6 heteroatoms. The van der Waals surface area contributed by atoms with E-state index in [4.69, 9.17) is 0 Å². The third-order valence-electron chi connectivity index (χ3n) is 5.75. The highest BCUT2D eigenvalue weighted by atomic mass is 32.1. The quantitative estimate of drug-likeness (QED) is 0.769. The van der Waals surface area contributed by atoms with Crippen LogP contribution in [-0.2, 0) is 6.61 Å². The Morgan fingerprint density at radius 2 is 1.81 bits per heavy atom. The van der Waals surface area contributed by atoms with E-state index >= 15 is 0 Å². The topological polar surface area (TPSA) is 54.2 Å². The van der Waals surface area contributed by atoms with Gasteiger partial charge in [-0.25, -0.2) is 4.68 Å². The molecule has 2 bridgehead atoms. The summed E-state index contributed by atoms with van der Waals surface area (Å²) in [5.74, 6) is 0.749. The summed E-state index contributed by atoms with van der Waals surface area (Å²) in [7, 11) is 0. The lowest BCUT2D eigenvalue weighted by atomic mass is 9.84. The van der Waals surface area contributed by atoms with E-state index in [1.807, 2.05) is 12.1 Å². The molecule has 0 unspecified atom stereocenters. The van der Waals surface area contributed by atoms with Crippen molar-refractivity contribution in [2.24, 2.45) is 5.92 Å². The molecule has 5 nitrogen and oxygen atoms in total. The van der Waals surface area contributed by atoms with Crippen molar-refractivity contribution >= 4 is 11.3 Å². The molecule has 134 valence electrons. The summed E-state index contributed by atoms with van der Waals surface area (Å²) in [4.78, 5) is 4.91. The minimum atomic E-state index is 0.0820. The number of nitrogens with zero attached hydrogens (tertiary/aromatic N) is 4. The number of benzene rings is 1. The Kier molecular flexibility index (Phi) is 4.11. The third kappa shape index (κ3) is 2.88. The van der Waals surface area contributed by atoms with E-state index in [0.717, 1.165) is 28.6 Å². The lowest BCUT2D eigenvalue weighted by molar-refractivity contribution is 0.0504. The summed E-state index contributed by atoms with van der Waals surface area (Å²) < 4.78 is 2.10. The molecule has 3 fully saturated rings. The number of hydrogen-bond acceptors (Lipinski definition) is 5. The minimum Gasteiger partial charge on any atom is -0.392 e. The molecule has 3 aliphatic heterocycles. The van der Waals surface area contributed by atoms with E-state index < -0.39 is 0 Å². The lowest BCUT2D eigenvalue weighted by Crippen LogP contribution is -2.48. The van der Waals surface area contributed by atoms with Gasteiger partial charge in [0.25, 0.3) is 0 Å². The molecule has 0 spiro atoms. The van der Waals surface area contributed by atoms with Gasteiger partial charge in [-0.1, -0.05) is 29.5 Å². The van der Waals surface area contributed by atoms with Crippen LogP contribution in [0.5, 0.6) is 0 Å². The van der Waals surface area contributed by atoms with Gasteiger partial charge in [-0.2, -0.15) is 0 Å². The second-order valence-corrected chi connectivity index (χ2v) is 8.39. The van der Waals surface area contributed by atoms with E-state index in [0.29, 0.717) is 6.04 Å². The number of aliphatic hydroxyl groups is 1. The van der Waals surface area contributed by atoms with Crippen LogP contribution in [0.3, 0.4) is 0 Å². The van der Waals surface area contributed by atoms with Gasteiger partial charge in [0.2, 0.25) is 0 Å². The molecule has 1 N–H and O–H groups in total. The Morgan fingerprint density at radius 3 is 2.50 bits per heavy atom. The van der Waals surface area contributed by atoms with Gasteiger partial charge < -0.3 is 10.0 Å². The molecular formula is C20H22N4OS. The van der Waals surface area contributed by atoms with Gasteiger partial charge in [-0.15, -0.1) is 16.4 Å². The van der Waals surface area contributed by atoms with Crippen LogP contribution in [0.4, 0.5) is 0 Å². The second kappa shape index (κ2) is 6.61. The third-order valence-corrected chi connectivity index (χ3v) is 6.91. The van der Waals surface area contributed by atoms with Gasteiger partial charge in [-0.05, 0) is 55.1 Å². The van der Waals surface area contributed by atoms with E-state index in [1.165, 1.54) is 36.4 Å². The highest BCUT2D eigenvalue weighted by Gasteiger charge is 2.35. The van der Waals surface area contributed by atoms with Crippen LogP contribution >= 0.6 is 11.3 Å². The van der Waals surface area contributed by atoms with E-state index in [2.05, 4.69) is 50.4 Å². The van der Waals surface area contributed by atoms with Gasteiger partial charge >= 0.3 is 0 Å². The number of piperidine rings is 3. The molecule has 1 aromatic carbocycles. The summed E-state index contributed by atoms with van der Waals surface area (Å²) in [6.45, 7) is 3.68. The molecule has 0 radical (unpaired) electrons. The molecule has 1 atom stereocenters. The van der Waals surface area contributed by atoms with Crippen LogP contribution in [0.2, 0.25) is 0 Å². The lowest BCUT2D eigenvalue weighted by Gasteiger charge is -2.44. The number of thiophene rings is 1. The zero-order valence-corrected chi connectivity index (χ0v) is 15.4. The van der Waals surface area contributed by atoms with Crippen molar-refractivity contribution in [3.63, 3.8) is 0 Å². The summed E-state index contributed by atoms with van der Waals surface area (Å²) in [5, 5.41) is 18.1. The molecular weight excluding hydrogens is 344 g/mol. The molecule has 3 saturated heterocycles. The first-order chi connectivity index (χ1) is 12.8. The maximum atomic E-state index is 9.18. The Labute approximate surface area is 156 Å². The summed E-state index contributed by atoms with van der Waals surface area (Å²) in [6.07, 6.45) is 4.69. The van der Waals surface area contributed by atoms with Gasteiger partial charge in [-0.3, -0.25) is 0 Å². The number of aromatic nitrogens is 3. The van der Waals surface area contributed by atoms with Gasteiger partial charge in [0, 0.05) is 11.4 Å². The van der Waals surface area contributed by atoms with Crippen molar-refractivity contribution in [1.29, 1.82) is 0 Å². The SMILES string of the molecule is OCc1ccc(-c2ccc(-c3cn([C@H]4CN5CCC4CC5)nn3)s2)cc1. The minimum absolute atomic E-state index is 0.0820. The fraction of sp³-hybridized carbons (Fsp3) is 0.400. The van der Waals surface area contributed by atoms with Gasteiger partial charge in [0.15, 0.2) is 0 Å². The van der Waals surface area contributed by atoms with Crippen LogP contribution in [0.1, 0.15) is 24.4 Å². The van der Waals surface area contributed by atoms with Crippen molar-refractivity contribution in [2.75, 3.05) is 19.6 Å². The average molecular weight is 366 g/mol. The maximum Gasteiger partial charge on any atom is 0.123 e. The van der Waals surface area contributed by atoms with Crippen molar-refractivity contribution in [1.82, 2.24) is 19.9 Å². The second-order valence-electron chi connectivity index (χ2n) is 7.31. The van der Waals surface area contributed by atoms with Gasteiger partial charge in [0.1, 0.15) is 5.69 Å². The highest BCUT2D eigenvalue weighted by Crippen LogP contribution is 2.37. The normalized spacial score (nSPS) is 24.9. The van der Waals surface area contributed by atoms with E-state index in [9.17, 15) is 5.11 Å². The van der Waals surface area contributed by atoms with Crippen LogP contribution < -0.4 is 0 Å². The Morgan fingerprint density at radius 1 is 1.04 bits per heavy atom. The molecule has 0 amide bonds. The standard InChI is InChI=1S/C20H22N4OS/c25-13-14-1-3-16(4-2-14)19-5-6-20(26-19)17-11-24(22-21-17)18-12-23-9-7-15(18)8-10-23/h1-6,11,15,18,25H,7-10,12-13H2/t18-/m0/s1. The zero-order chi connectivity index (χ0) is 17.5. The van der Waals surface area contributed by atoms with Crippen LogP contribution in [0, 0.1) is 5.92 Å². The van der Waals surface area contributed by atoms with E-state index in [-0.39, 0.29) is 6.61 Å². The van der Waals surface area contributed by atoms with Crippen LogP contribution in [0.25, 0.3) is 21.0 Å². The molecule has 26 heavy (non-hydrogen) atoms. The largest absolute Gasteiger partial charge is 0.392 e. The molecule has 3 aromatic rings. The monoisotopic (exact) mass is 366 g/mol. The predicted molar refractivity (Wildman–Crippen MR) is 103 cm³/mol. The smallest absolute Gasteiger partial charge is 0.123 e. The molecule has 3 aliphatic rings. The molecule has 0 saturated carbocycles. The van der Waals surface area contributed by atoms with E-state index in [1.54, 1.807) is 11.3 Å². The predicted octanol–water partition coefficient (Wildman–Crippen LogP) is 3.43. The maximum absolute atomic E-state index is 9.18. The molecule has 0 aliphatic carbocycles. The fourth-order valence-electron chi connectivity index (χ4n) is 4.19. The first-order valence-corrected chi connectivity index (χ1v) is 10.1. The summed E-state index contributed by atoms with van der Waals surface area (Å²) in [6, 6.07) is 12.8. The molecule has 5 heterocycles. The number of fused-ring (bicyclic) bond motifs is 3. The first-order valence-electron chi connectivity index (χ1n) is 9.25. The zero-order valence-electron chi connectivity index (χ0n) is 14.6. The van der Waals surface area contributed by atoms with Crippen molar-refractivity contribution in [2.45, 2.75) is 25.5 Å². The molecule has 6 rings (SSSR count). The highest BCUT2D eigenvalue weighted by molar-refractivity contribution is 7.18. The fourth-order valence-corrected chi connectivity index (χ4v) is 5.15. The Bertz CT molecular complexity index is 893. The Hall–Kier alpha value is -2.02. The van der Waals surface area contributed by atoms with Crippen molar-refractivity contribution in [3.8, 4) is 21.0 Å². The number of hydrogen-bond donors (Lipinski definition) is 1. The number of rotatable bonds is 4. The number of aliphatic hydroxyl groups excluding tert-OH is 1. The van der Waals surface area contributed by atoms with Gasteiger partial charge in [0.05, 0.1) is 23.7 Å². The van der Waals surface area contributed by atoms with Crippen molar-refractivity contribution in [3.05, 3.63) is 48.2 Å². The van der Waals surface area contributed by atoms with Crippen molar-refractivity contribution < 1.29 is 5.11 Å². The Balaban J connectivity index is 1.37. The van der Waals surface area contributed by atoms with Crippen LogP contribution in [0.15, 0.2) is 42.6 Å². The summed E-state index contributed by atoms with van der Waals surface area (Å²) in [5.41, 5.74) is 3.07. The molecule has 2 aromatic heterocycles.